The van der Waals surface area contributed by atoms with Gasteiger partial charge < -0.3 is 14.4 Å². The van der Waals surface area contributed by atoms with Crippen molar-refractivity contribution in [1.29, 1.82) is 0 Å². The molecule has 2 aliphatic heterocycles. The van der Waals surface area contributed by atoms with E-state index in [1.807, 2.05) is 4.52 Å². The molecule has 4 rings (SSSR count). The number of morpholine rings is 1. The molecule has 2 saturated heterocycles. The molecule has 28 heavy (non-hydrogen) atoms. The number of fused-ring (bicyclic) bond motifs is 1. The zero-order valence-electron chi connectivity index (χ0n) is 17.3. The molecule has 0 saturated carbocycles. The van der Waals surface area contributed by atoms with Gasteiger partial charge in [0, 0.05) is 39.4 Å². The average Bonchev–Trinajstić information content (AvgIpc) is 3.14. The summed E-state index contributed by atoms with van der Waals surface area (Å²) in [5, 5.41) is 4.37. The lowest BCUT2D eigenvalue weighted by atomic mass is 9.93. The second-order valence-corrected chi connectivity index (χ2v) is 8.25. The van der Waals surface area contributed by atoms with E-state index in [2.05, 4.69) is 44.8 Å². The highest BCUT2D eigenvalue weighted by Crippen LogP contribution is 2.26. The lowest BCUT2D eigenvalue weighted by Crippen LogP contribution is -2.46. The smallest absolute Gasteiger partial charge is 0.254 e. The third-order valence-corrected chi connectivity index (χ3v) is 5.87. The molecule has 0 radical (unpaired) electrons. The first kappa shape index (κ1) is 19.5. The van der Waals surface area contributed by atoms with Gasteiger partial charge in [-0.3, -0.25) is 4.90 Å². The standard InChI is InChI=1S/C20H32N6O2/c1-15-11-24(12-16(2)28-15)7-4-17-5-8-25(9-6-17)19-10-18(13-27-3)23-20-21-14-22-26(19)20/h10,14-17H,4-9,11-13H2,1-3H3. The zero-order valence-corrected chi connectivity index (χ0v) is 17.3. The van der Waals surface area contributed by atoms with Crippen molar-refractivity contribution in [2.45, 2.75) is 51.9 Å². The van der Waals surface area contributed by atoms with Crippen molar-refractivity contribution >= 4 is 11.6 Å². The second-order valence-electron chi connectivity index (χ2n) is 8.25. The number of piperidine rings is 1. The summed E-state index contributed by atoms with van der Waals surface area (Å²) in [6.45, 7) is 10.3. The highest BCUT2D eigenvalue weighted by atomic mass is 16.5. The number of hydrogen-bond acceptors (Lipinski definition) is 7. The van der Waals surface area contributed by atoms with Crippen LogP contribution < -0.4 is 4.90 Å². The first-order valence-corrected chi connectivity index (χ1v) is 10.4. The highest BCUT2D eigenvalue weighted by Gasteiger charge is 2.25. The molecular formula is C20H32N6O2. The Morgan fingerprint density at radius 1 is 1.18 bits per heavy atom. The summed E-state index contributed by atoms with van der Waals surface area (Å²) in [6.07, 6.45) is 5.98. The third kappa shape index (κ3) is 4.45. The maximum absolute atomic E-state index is 5.85. The van der Waals surface area contributed by atoms with E-state index >= 15 is 0 Å². The number of ether oxygens (including phenoxy) is 2. The predicted octanol–water partition coefficient (Wildman–Crippen LogP) is 1.99. The van der Waals surface area contributed by atoms with Crippen molar-refractivity contribution in [2.75, 3.05) is 44.7 Å². The predicted molar refractivity (Wildman–Crippen MR) is 107 cm³/mol. The number of anilines is 1. The molecule has 8 heteroatoms. The molecule has 2 fully saturated rings. The van der Waals surface area contributed by atoms with Gasteiger partial charge in [0.1, 0.15) is 12.1 Å². The molecule has 2 aromatic heterocycles. The quantitative estimate of drug-likeness (QED) is 0.750. The van der Waals surface area contributed by atoms with Crippen molar-refractivity contribution in [2.24, 2.45) is 5.92 Å². The molecule has 0 N–H and O–H groups in total. The van der Waals surface area contributed by atoms with Crippen LogP contribution in [-0.4, -0.2) is 76.5 Å². The van der Waals surface area contributed by atoms with Crippen LogP contribution in [0.1, 0.15) is 38.8 Å². The Hall–Kier alpha value is -1.77. The zero-order chi connectivity index (χ0) is 19.5. The van der Waals surface area contributed by atoms with Crippen molar-refractivity contribution < 1.29 is 9.47 Å². The van der Waals surface area contributed by atoms with Gasteiger partial charge in [-0.15, -0.1) is 0 Å². The molecule has 2 aliphatic rings. The van der Waals surface area contributed by atoms with E-state index in [1.165, 1.54) is 25.8 Å². The summed E-state index contributed by atoms with van der Waals surface area (Å²) in [5.41, 5.74) is 0.899. The van der Waals surface area contributed by atoms with Gasteiger partial charge in [0.05, 0.1) is 24.5 Å². The second kappa shape index (κ2) is 8.71. The fraction of sp³-hybridized carbons (Fsp3) is 0.750. The van der Waals surface area contributed by atoms with Gasteiger partial charge in [0.25, 0.3) is 5.78 Å². The lowest BCUT2D eigenvalue weighted by molar-refractivity contribution is -0.0690. The summed E-state index contributed by atoms with van der Waals surface area (Å²) < 4.78 is 13.0. The summed E-state index contributed by atoms with van der Waals surface area (Å²) >= 11 is 0. The van der Waals surface area contributed by atoms with Crippen LogP contribution in [0.25, 0.3) is 5.78 Å². The molecule has 0 bridgehead atoms. The van der Waals surface area contributed by atoms with Gasteiger partial charge in [0.2, 0.25) is 0 Å². The van der Waals surface area contributed by atoms with E-state index in [-0.39, 0.29) is 0 Å². The molecule has 2 unspecified atom stereocenters. The highest BCUT2D eigenvalue weighted by molar-refractivity contribution is 5.47. The van der Waals surface area contributed by atoms with Crippen LogP contribution in [0.4, 0.5) is 5.82 Å². The van der Waals surface area contributed by atoms with E-state index in [1.54, 1.807) is 13.4 Å². The van der Waals surface area contributed by atoms with Gasteiger partial charge in [-0.2, -0.15) is 14.6 Å². The first-order chi connectivity index (χ1) is 13.6. The fourth-order valence-electron chi connectivity index (χ4n) is 4.57. The molecular weight excluding hydrogens is 356 g/mol. The summed E-state index contributed by atoms with van der Waals surface area (Å²) in [5.74, 6) is 2.50. The van der Waals surface area contributed by atoms with Gasteiger partial charge in [-0.1, -0.05) is 0 Å². The minimum Gasteiger partial charge on any atom is -0.378 e. The van der Waals surface area contributed by atoms with Gasteiger partial charge in [-0.25, -0.2) is 4.98 Å². The largest absolute Gasteiger partial charge is 0.378 e. The number of hydrogen-bond donors (Lipinski definition) is 0. The van der Waals surface area contributed by atoms with Crippen LogP contribution in [0, 0.1) is 5.92 Å². The normalized spacial score (nSPS) is 24.9. The van der Waals surface area contributed by atoms with Crippen LogP contribution in [0.3, 0.4) is 0 Å². The molecule has 4 heterocycles. The lowest BCUT2D eigenvalue weighted by Gasteiger charge is -2.37. The monoisotopic (exact) mass is 388 g/mol. The molecule has 154 valence electrons. The summed E-state index contributed by atoms with van der Waals surface area (Å²) in [6, 6.07) is 2.09. The number of methoxy groups -OCH3 is 1. The topological polar surface area (TPSA) is 68.0 Å². The number of rotatable bonds is 6. The average molecular weight is 389 g/mol. The Morgan fingerprint density at radius 3 is 2.64 bits per heavy atom. The Morgan fingerprint density at radius 2 is 1.93 bits per heavy atom. The van der Waals surface area contributed by atoms with Gasteiger partial charge in [0.15, 0.2) is 0 Å². The Balaban J connectivity index is 1.34. The van der Waals surface area contributed by atoms with E-state index in [9.17, 15) is 0 Å². The Labute approximate surface area is 166 Å². The van der Waals surface area contributed by atoms with E-state index in [0.29, 0.717) is 24.6 Å². The first-order valence-electron chi connectivity index (χ1n) is 10.4. The van der Waals surface area contributed by atoms with Crippen molar-refractivity contribution in [1.82, 2.24) is 24.5 Å². The van der Waals surface area contributed by atoms with Crippen LogP contribution in [0.2, 0.25) is 0 Å². The SMILES string of the molecule is COCc1cc(N2CCC(CCN3CC(C)OC(C)C3)CC2)n2ncnc2n1. The molecule has 0 aromatic carbocycles. The van der Waals surface area contributed by atoms with Crippen molar-refractivity contribution in [3.05, 3.63) is 18.1 Å². The van der Waals surface area contributed by atoms with Crippen LogP contribution in [-0.2, 0) is 16.1 Å². The van der Waals surface area contributed by atoms with Crippen LogP contribution in [0.5, 0.6) is 0 Å². The minimum atomic E-state index is 0.351. The summed E-state index contributed by atoms with van der Waals surface area (Å²) in [4.78, 5) is 13.8. The molecule has 8 nitrogen and oxygen atoms in total. The molecule has 2 aromatic rings. The van der Waals surface area contributed by atoms with E-state index < -0.39 is 0 Å². The third-order valence-electron chi connectivity index (χ3n) is 5.87. The molecule has 0 aliphatic carbocycles. The fourth-order valence-corrected chi connectivity index (χ4v) is 4.57. The maximum Gasteiger partial charge on any atom is 0.254 e. The van der Waals surface area contributed by atoms with Crippen molar-refractivity contribution in [3.63, 3.8) is 0 Å². The Kier molecular flexibility index (Phi) is 6.08. The Bertz CT molecular complexity index is 763. The van der Waals surface area contributed by atoms with Crippen LogP contribution in [0.15, 0.2) is 12.4 Å². The van der Waals surface area contributed by atoms with Gasteiger partial charge >= 0.3 is 0 Å². The summed E-state index contributed by atoms with van der Waals surface area (Å²) in [7, 11) is 1.69. The molecule has 0 amide bonds. The maximum atomic E-state index is 5.85. The van der Waals surface area contributed by atoms with E-state index in [0.717, 1.165) is 43.6 Å². The van der Waals surface area contributed by atoms with Crippen LogP contribution >= 0.6 is 0 Å². The molecule has 0 spiro atoms. The van der Waals surface area contributed by atoms with E-state index in [4.69, 9.17) is 9.47 Å². The number of nitrogens with zero attached hydrogens (tertiary/aromatic N) is 6. The van der Waals surface area contributed by atoms with Gasteiger partial charge in [-0.05, 0) is 45.6 Å². The number of aromatic nitrogens is 4. The van der Waals surface area contributed by atoms with Crippen molar-refractivity contribution in [3.8, 4) is 0 Å². The minimum absolute atomic E-state index is 0.351. The molecule has 2 atom stereocenters.